The van der Waals surface area contributed by atoms with Gasteiger partial charge in [-0.25, -0.2) is 0 Å². The zero-order valence-electron chi connectivity index (χ0n) is 18.6. The summed E-state index contributed by atoms with van der Waals surface area (Å²) in [5.41, 5.74) is 3.76. The zero-order valence-corrected chi connectivity index (χ0v) is 18.6. The van der Waals surface area contributed by atoms with Crippen LogP contribution in [0.3, 0.4) is 0 Å². The number of likely N-dealkylation sites (tertiary alicyclic amines) is 1. The van der Waals surface area contributed by atoms with Gasteiger partial charge < -0.3 is 15.0 Å². The second-order valence-electron chi connectivity index (χ2n) is 8.65. The molecular formula is C28H33N2O2+. The predicted molar refractivity (Wildman–Crippen MR) is 127 cm³/mol. The number of hydrogen-bond acceptors (Lipinski definition) is 2. The summed E-state index contributed by atoms with van der Waals surface area (Å²) in [5.74, 6) is 1.28. The van der Waals surface area contributed by atoms with Gasteiger partial charge in [0.05, 0.1) is 13.1 Å². The number of rotatable bonds is 9. The van der Waals surface area contributed by atoms with Crippen molar-refractivity contribution in [1.29, 1.82) is 0 Å². The first-order valence-corrected chi connectivity index (χ1v) is 11.7. The minimum absolute atomic E-state index is 0.156. The summed E-state index contributed by atoms with van der Waals surface area (Å²) < 4.78 is 5.89. The highest BCUT2D eigenvalue weighted by molar-refractivity contribution is 5.78. The van der Waals surface area contributed by atoms with Crippen LogP contribution in [0.2, 0.25) is 0 Å². The van der Waals surface area contributed by atoms with Gasteiger partial charge in [-0.3, -0.25) is 4.79 Å². The third-order valence-corrected chi connectivity index (χ3v) is 6.25. The van der Waals surface area contributed by atoms with Crippen LogP contribution in [0.1, 0.15) is 29.5 Å². The summed E-state index contributed by atoms with van der Waals surface area (Å²) in [6.45, 7) is 4.40. The quantitative estimate of drug-likeness (QED) is 0.547. The minimum Gasteiger partial charge on any atom is -0.489 e. The molecule has 0 saturated carbocycles. The van der Waals surface area contributed by atoms with Crippen molar-refractivity contribution in [3.05, 3.63) is 102 Å². The molecule has 0 atom stereocenters. The van der Waals surface area contributed by atoms with Gasteiger partial charge >= 0.3 is 0 Å². The standard InChI is InChI=1S/C28H32N2O2/c31-28(29-18-15-23-7-3-1-4-8-23)26-16-19-30(20-17-26)21-24-11-13-27(14-12-24)32-22-25-9-5-2-6-10-25/h1-14,26H,15-22H2,(H,29,31)/p+1. The van der Waals surface area contributed by atoms with E-state index in [1.165, 1.54) is 16.7 Å². The van der Waals surface area contributed by atoms with Gasteiger partial charge in [-0.05, 0) is 41.8 Å². The topological polar surface area (TPSA) is 42.8 Å². The van der Waals surface area contributed by atoms with E-state index in [-0.39, 0.29) is 11.8 Å². The molecule has 0 unspecified atom stereocenters. The van der Waals surface area contributed by atoms with Gasteiger partial charge in [-0.15, -0.1) is 0 Å². The minimum atomic E-state index is 0.156. The monoisotopic (exact) mass is 429 g/mol. The molecule has 4 rings (SSSR count). The summed E-state index contributed by atoms with van der Waals surface area (Å²) in [6.07, 6.45) is 2.82. The average Bonchev–Trinajstić information content (AvgIpc) is 2.85. The van der Waals surface area contributed by atoms with E-state index >= 15 is 0 Å². The molecule has 0 aliphatic carbocycles. The summed E-state index contributed by atoms with van der Waals surface area (Å²) in [4.78, 5) is 14.1. The van der Waals surface area contributed by atoms with Crippen molar-refractivity contribution in [3.8, 4) is 5.75 Å². The van der Waals surface area contributed by atoms with Crippen LogP contribution in [0.15, 0.2) is 84.9 Å². The molecule has 0 bridgehead atoms. The number of carbonyl (C=O) groups excluding carboxylic acids is 1. The fourth-order valence-corrected chi connectivity index (χ4v) is 4.32. The molecule has 0 aromatic heterocycles. The number of amides is 1. The molecule has 32 heavy (non-hydrogen) atoms. The number of nitrogens with one attached hydrogen (secondary N) is 2. The molecule has 1 amide bonds. The van der Waals surface area contributed by atoms with Crippen molar-refractivity contribution in [2.24, 2.45) is 5.92 Å². The Morgan fingerprint density at radius 1 is 0.812 bits per heavy atom. The number of benzene rings is 3. The first-order valence-electron chi connectivity index (χ1n) is 11.7. The van der Waals surface area contributed by atoms with Crippen LogP contribution < -0.4 is 15.0 Å². The molecule has 4 nitrogen and oxygen atoms in total. The Labute approximate surface area is 191 Å². The Morgan fingerprint density at radius 3 is 2.09 bits per heavy atom. The zero-order chi connectivity index (χ0) is 22.0. The van der Waals surface area contributed by atoms with Gasteiger partial charge in [0.15, 0.2) is 0 Å². The Hall–Kier alpha value is -3.11. The molecule has 3 aromatic rings. The lowest BCUT2D eigenvalue weighted by Crippen LogP contribution is -3.11. The van der Waals surface area contributed by atoms with E-state index in [0.717, 1.165) is 44.6 Å². The van der Waals surface area contributed by atoms with Gasteiger partial charge in [-0.1, -0.05) is 60.7 Å². The van der Waals surface area contributed by atoms with Crippen LogP contribution in [0.4, 0.5) is 0 Å². The van der Waals surface area contributed by atoms with Crippen LogP contribution in [-0.2, 0) is 24.4 Å². The van der Waals surface area contributed by atoms with Crippen LogP contribution in [0, 0.1) is 5.92 Å². The second-order valence-corrected chi connectivity index (χ2v) is 8.65. The number of piperidine rings is 1. The Balaban J connectivity index is 1.15. The van der Waals surface area contributed by atoms with Crippen molar-refractivity contribution in [2.45, 2.75) is 32.4 Å². The molecule has 0 spiro atoms. The number of ether oxygens (including phenoxy) is 1. The predicted octanol–water partition coefficient (Wildman–Crippen LogP) is 3.42. The van der Waals surface area contributed by atoms with Crippen molar-refractivity contribution >= 4 is 5.91 Å². The fourth-order valence-electron chi connectivity index (χ4n) is 4.32. The highest BCUT2D eigenvalue weighted by Gasteiger charge is 2.27. The van der Waals surface area contributed by atoms with Gasteiger partial charge in [0, 0.05) is 30.9 Å². The Kier molecular flexibility index (Phi) is 7.94. The molecule has 1 saturated heterocycles. The van der Waals surface area contributed by atoms with Gasteiger partial charge in [0.25, 0.3) is 0 Å². The normalized spacial score (nSPS) is 18.1. The number of carbonyl (C=O) groups is 1. The van der Waals surface area contributed by atoms with Crippen LogP contribution in [0.5, 0.6) is 5.75 Å². The van der Waals surface area contributed by atoms with Crippen LogP contribution in [-0.4, -0.2) is 25.5 Å². The molecule has 4 heteroatoms. The van der Waals surface area contributed by atoms with E-state index in [1.54, 1.807) is 4.90 Å². The van der Waals surface area contributed by atoms with Gasteiger partial charge in [-0.2, -0.15) is 0 Å². The third kappa shape index (κ3) is 6.69. The number of hydrogen-bond donors (Lipinski definition) is 2. The summed E-state index contributed by atoms with van der Waals surface area (Å²) in [7, 11) is 0. The summed E-state index contributed by atoms with van der Waals surface area (Å²) in [6, 6.07) is 29.0. The van der Waals surface area contributed by atoms with E-state index < -0.39 is 0 Å². The smallest absolute Gasteiger partial charge is 0.223 e. The van der Waals surface area contributed by atoms with Crippen molar-refractivity contribution in [2.75, 3.05) is 19.6 Å². The molecule has 2 N–H and O–H groups in total. The van der Waals surface area contributed by atoms with E-state index in [4.69, 9.17) is 4.74 Å². The Bertz CT molecular complexity index is 950. The van der Waals surface area contributed by atoms with Gasteiger partial charge in [0.1, 0.15) is 18.9 Å². The lowest BCUT2D eigenvalue weighted by molar-refractivity contribution is -0.919. The highest BCUT2D eigenvalue weighted by atomic mass is 16.5. The maximum atomic E-state index is 12.5. The first kappa shape index (κ1) is 22.1. The largest absolute Gasteiger partial charge is 0.489 e. The lowest BCUT2D eigenvalue weighted by Gasteiger charge is -2.28. The number of quaternary nitrogens is 1. The third-order valence-electron chi connectivity index (χ3n) is 6.25. The maximum Gasteiger partial charge on any atom is 0.223 e. The SMILES string of the molecule is O=C(NCCc1ccccc1)C1CC[NH+](Cc2ccc(OCc3ccccc3)cc2)CC1. The molecular weight excluding hydrogens is 396 g/mol. The Morgan fingerprint density at radius 2 is 1.44 bits per heavy atom. The summed E-state index contributed by atoms with van der Waals surface area (Å²) in [5, 5.41) is 3.13. The molecule has 166 valence electrons. The van der Waals surface area contributed by atoms with Crippen molar-refractivity contribution in [1.82, 2.24) is 5.32 Å². The van der Waals surface area contributed by atoms with E-state index in [0.29, 0.717) is 13.2 Å². The second kappa shape index (κ2) is 11.5. The first-order chi connectivity index (χ1) is 15.8. The van der Waals surface area contributed by atoms with E-state index in [9.17, 15) is 4.79 Å². The van der Waals surface area contributed by atoms with E-state index in [1.807, 2.05) is 36.4 Å². The van der Waals surface area contributed by atoms with Gasteiger partial charge in [0.2, 0.25) is 5.91 Å². The lowest BCUT2D eigenvalue weighted by atomic mass is 9.95. The van der Waals surface area contributed by atoms with Crippen LogP contribution >= 0.6 is 0 Å². The molecule has 1 fully saturated rings. The molecule has 3 aromatic carbocycles. The molecule has 1 aliphatic heterocycles. The molecule has 1 aliphatic rings. The summed E-state index contributed by atoms with van der Waals surface area (Å²) >= 11 is 0. The fraction of sp³-hybridized carbons (Fsp3) is 0.321. The average molecular weight is 430 g/mol. The van der Waals surface area contributed by atoms with Crippen LogP contribution in [0.25, 0.3) is 0 Å². The molecule has 1 heterocycles. The van der Waals surface area contributed by atoms with Crippen molar-refractivity contribution in [3.63, 3.8) is 0 Å². The molecule has 0 radical (unpaired) electrons. The highest BCUT2D eigenvalue weighted by Crippen LogP contribution is 2.15. The van der Waals surface area contributed by atoms with Crippen molar-refractivity contribution < 1.29 is 14.4 Å². The maximum absolute atomic E-state index is 12.5. The van der Waals surface area contributed by atoms with E-state index in [2.05, 4.69) is 53.8 Å².